The molecule has 0 aliphatic rings. The Morgan fingerprint density at radius 1 is 1.18 bits per heavy atom. The fourth-order valence-electron chi connectivity index (χ4n) is 3.30. The predicted molar refractivity (Wildman–Crippen MR) is 112 cm³/mol. The van der Waals surface area contributed by atoms with E-state index in [0.717, 1.165) is 27.7 Å². The molecule has 0 saturated carbocycles. The minimum absolute atomic E-state index is 0. The van der Waals surface area contributed by atoms with Crippen LogP contribution >= 0.6 is 0 Å². The number of rotatable bonds is 6. The van der Waals surface area contributed by atoms with Gasteiger partial charge in [-0.3, -0.25) is 4.79 Å². The van der Waals surface area contributed by atoms with Gasteiger partial charge in [-0.2, -0.15) is 5.26 Å². The number of hydrogen-bond acceptors (Lipinski definition) is 3. The quantitative estimate of drug-likeness (QED) is 0.517. The Bertz CT molecular complexity index is 1150. The number of nitriles is 1. The summed E-state index contributed by atoms with van der Waals surface area (Å²) in [5.41, 5.74) is 4.28. The largest absolute Gasteiger partial charge is 0.357 e. The molecule has 142 valence electrons. The third kappa shape index (κ3) is 3.51. The molecule has 0 saturated heterocycles. The van der Waals surface area contributed by atoms with E-state index in [1.54, 1.807) is 11.1 Å². The molecule has 0 unspecified atom stereocenters. The average molecular weight is 373 g/mol. The van der Waals surface area contributed by atoms with Gasteiger partial charge in [-0.15, -0.1) is 0 Å². The first kappa shape index (κ1) is 17.6. The SMILES string of the molecule is N#CCCN(Cc1ccccc1)C(=O)c1cc(-c2ccnc3[nH]ccc23)c[nH]1.[HH].[HH]. The minimum Gasteiger partial charge on any atom is -0.357 e. The summed E-state index contributed by atoms with van der Waals surface area (Å²) >= 11 is 0. The number of hydrogen-bond donors (Lipinski definition) is 2. The highest BCUT2D eigenvalue weighted by atomic mass is 16.2. The summed E-state index contributed by atoms with van der Waals surface area (Å²) in [7, 11) is 0. The van der Waals surface area contributed by atoms with E-state index >= 15 is 0 Å². The summed E-state index contributed by atoms with van der Waals surface area (Å²) in [6, 6.07) is 17.7. The summed E-state index contributed by atoms with van der Waals surface area (Å²) in [6.45, 7) is 0.850. The molecular weight excluding hydrogens is 350 g/mol. The number of aromatic amines is 2. The first-order chi connectivity index (χ1) is 13.8. The van der Waals surface area contributed by atoms with Crippen LogP contribution in [0, 0.1) is 11.3 Å². The number of aromatic nitrogens is 3. The maximum Gasteiger partial charge on any atom is 0.270 e. The molecule has 6 heteroatoms. The lowest BCUT2D eigenvalue weighted by Gasteiger charge is -2.21. The number of fused-ring (bicyclic) bond motifs is 1. The van der Waals surface area contributed by atoms with E-state index in [4.69, 9.17) is 5.26 Å². The van der Waals surface area contributed by atoms with Crippen LogP contribution in [0.5, 0.6) is 0 Å². The number of benzene rings is 1. The molecule has 2 N–H and O–H groups in total. The van der Waals surface area contributed by atoms with Crippen molar-refractivity contribution in [2.24, 2.45) is 0 Å². The molecule has 1 amide bonds. The van der Waals surface area contributed by atoms with Gasteiger partial charge in [0.2, 0.25) is 0 Å². The van der Waals surface area contributed by atoms with Crippen LogP contribution < -0.4 is 0 Å². The Morgan fingerprint density at radius 3 is 2.86 bits per heavy atom. The molecule has 0 radical (unpaired) electrons. The van der Waals surface area contributed by atoms with Gasteiger partial charge in [-0.05, 0) is 29.3 Å². The zero-order valence-electron chi connectivity index (χ0n) is 15.2. The Balaban J connectivity index is 0.00000160. The van der Waals surface area contributed by atoms with Crippen LogP contribution in [0.15, 0.2) is 67.1 Å². The standard InChI is InChI=1S/C22H19N5O.2H2/c23-9-4-12-27(15-16-5-2-1-3-6-16)22(28)20-13-17(14-26-20)18-7-10-24-21-19(18)8-11-25-21;;/h1-3,5-8,10-11,13-14,26H,4,12,15H2,(H,24,25);2*1H. The third-order valence-corrected chi connectivity index (χ3v) is 4.68. The van der Waals surface area contributed by atoms with E-state index in [0.29, 0.717) is 25.2 Å². The number of pyridine rings is 1. The summed E-state index contributed by atoms with van der Waals surface area (Å²) < 4.78 is 0. The van der Waals surface area contributed by atoms with Crippen molar-refractivity contribution in [2.45, 2.75) is 13.0 Å². The van der Waals surface area contributed by atoms with Gasteiger partial charge < -0.3 is 14.9 Å². The monoisotopic (exact) mass is 373 g/mol. The smallest absolute Gasteiger partial charge is 0.270 e. The number of H-pyrrole nitrogens is 2. The van der Waals surface area contributed by atoms with Crippen molar-refractivity contribution in [1.82, 2.24) is 19.9 Å². The van der Waals surface area contributed by atoms with E-state index in [-0.39, 0.29) is 8.76 Å². The van der Waals surface area contributed by atoms with Crippen molar-refractivity contribution in [3.05, 3.63) is 78.4 Å². The van der Waals surface area contributed by atoms with Crippen molar-refractivity contribution < 1.29 is 7.65 Å². The molecule has 0 spiro atoms. The lowest BCUT2D eigenvalue weighted by atomic mass is 10.1. The van der Waals surface area contributed by atoms with Crippen molar-refractivity contribution in [3.8, 4) is 17.2 Å². The Hall–Kier alpha value is -3.85. The molecule has 0 atom stereocenters. The normalized spacial score (nSPS) is 10.7. The zero-order chi connectivity index (χ0) is 19.3. The molecule has 4 rings (SSSR count). The zero-order valence-corrected chi connectivity index (χ0v) is 15.2. The van der Waals surface area contributed by atoms with Gasteiger partial charge in [0.15, 0.2) is 0 Å². The maximum atomic E-state index is 13.1. The van der Waals surface area contributed by atoms with Gasteiger partial charge in [0.1, 0.15) is 11.3 Å². The highest BCUT2D eigenvalue weighted by Crippen LogP contribution is 2.27. The predicted octanol–water partition coefficient (Wildman–Crippen LogP) is 4.61. The molecule has 0 bridgehead atoms. The topological polar surface area (TPSA) is 88.6 Å². The average Bonchev–Trinajstić information content (AvgIpc) is 3.40. The van der Waals surface area contributed by atoms with E-state index in [9.17, 15) is 4.79 Å². The van der Waals surface area contributed by atoms with E-state index in [1.807, 2.05) is 60.9 Å². The van der Waals surface area contributed by atoms with Gasteiger partial charge in [0.05, 0.1) is 12.5 Å². The highest BCUT2D eigenvalue weighted by molar-refractivity contribution is 5.97. The fraction of sp³-hybridized carbons (Fsp3) is 0.136. The Morgan fingerprint density at radius 2 is 2.04 bits per heavy atom. The van der Waals surface area contributed by atoms with Crippen molar-refractivity contribution in [1.29, 1.82) is 5.26 Å². The molecule has 1 aromatic carbocycles. The molecule has 0 aliphatic carbocycles. The second kappa shape index (κ2) is 7.80. The van der Waals surface area contributed by atoms with Crippen LogP contribution in [0.1, 0.15) is 25.3 Å². The van der Waals surface area contributed by atoms with Crippen LogP contribution in [0.4, 0.5) is 0 Å². The molecule has 4 aromatic rings. The van der Waals surface area contributed by atoms with Crippen LogP contribution in [0.2, 0.25) is 0 Å². The second-order valence-corrected chi connectivity index (χ2v) is 6.52. The van der Waals surface area contributed by atoms with Gasteiger partial charge in [0.25, 0.3) is 5.91 Å². The number of carbonyl (C=O) groups excluding carboxylic acids is 1. The molecule has 3 heterocycles. The van der Waals surface area contributed by atoms with Gasteiger partial charge in [0, 0.05) is 45.5 Å². The number of amides is 1. The third-order valence-electron chi connectivity index (χ3n) is 4.68. The lowest BCUT2D eigenvalue weighted by Crippen LogP contribution is -2.31. The van der Waals surface area contributed by atoms with Crippen molar-refractivity contribution in [2.75, 3.05) is 6.54 Å². The maximum absolute atomic E-state index is 13.1. The lowest BCUT2D eigenvalue weighted by molar-refractivity contribution is 0.0741. The van der Waals surface area contributed by atoms with Crippen molar-refractivity contribution >= 4 is 16.9 Å². The highest BCUT2D eigenvalue weighted by Gasteiger charge is 2.18. The fourth-order valence-corrected chi connectivity index (χ4v) is 3.30. The summed E-state index contributed by atoms with van der Waals surface area (Å²) in [4.78, 5) is 25.3. The first-order valence-electron chi connectivity index (χ1n) is 9.07. The minimum atomic E-state index is -0.121. The Labute approximate surface area is 165 Å². The van der Waals surface area contributed by atoms with E-state index in [1.165, 1.54) is 0 Å². The number of nitrogens with one attached hydrogen (secondary N) is 2. The molecular formula is C22H23N5O. The van der Waals surface area contributed by atoms with E-state index in [2.05, 4.69) is 21.0 Å². The van der Waals surface area contributed by atoms with Gasteiger partial charge in [-0.25, -0.2) is 4.98 Å². The van der Waals surface area contributed by atoms with Crippen LogP contribution in [-0.4, -0.2) is 32.3 Å². The van der Waals surface area contributed by atoms with Crippen LogP contribution in [-0.2, 0) is 6.54 Å². The van der Waals surface area contributed by atoms with Crippen molar-refractivity contribution in [3.63, 3.8) is 0 Å². The summed E-state index contributed by atoms with van der Waals surface area (Å²) in [5.74, 6) is -0.121. The molecule has 6 nitrogen and oxygen atoms in total. The summed E-state index contributed by atoms with van der Waals surface area (Å²) in [5, 5.41) is 9.97. The molecule has 28 heavy (non-hydrogen) atoms. The van der Waals surface area contributed by atoms with Crippen LogP contribution in [0.3, 0.4) is 0 Å². The Kier molecular flexibility index (Phi) is 4.89. The first-order valence-corrected chi connectivity index (χ1v) is 9.07. The molecule has 3 aromatic heterocycles. The van der Waals surface area contributed by atoms with Gasteiger partial charge in [-0.1, -0.05) is 30.3 Å². The number of carbonyl (C=O) groups is 1. The number of nitrogens with zero attached hydrogens (tertiary/aromatic N) is 3. The van der Waals surface area contributed by atoms with Gasteiger partial charge >= 0.3 is 0 Å². The summed E-state index contributed by atoms with van der Waals surface area (Å²) in [6.07, 6.45) is 5.72. The second-order valence-electron chi connectivity index (χ2n) is 6.52. The van der Waals surface area contributed by atoms with Crippen LogP contribution in [0.25, 0.3) is 22.2 Å². The molecule has 0 fully saturated rings. The van der Waals surface area contributed by atoms with E-state index < -0.39 is 0 Å². The molecule has 0 aliphatic heterocycles.